The number of hydrogen-bond donors (Lipinski definition) is 3. The molecule has 3 aliphatic rings. The van der Waals surface area contributed by atoms with Gasteiger partial charge in [-0.1, -0.05) is 30.3 Å². The van der Waals surface area contributed by atoms with Gasteiger partial charge in [0.1, 0.15) is 18.0 Å². The van der Waals surface area contributed by atoms with Crippen LogP contribution in [0.25, 0.3) is 0 Å². The molecule has 2 aromatic carbocycles. The van der Waals surface area contributed by atoms with Crippen molar-refractivity contribution >= 4 is 17.5 Å². The summed E-state index contributed by atoms with van der Waals surface area (Å²) in [6.07, 6.45) is 2.52. The minimum absolute atomic E-state index is 0.00877. The molecule has 0 spiro atoms. The topological polar surface area (TPSA) is 96.9 Å². The van der Waals surface area contributed by atoms with Crippen LogP contribution in [0.3, 0.4) is 0 Å². The van der Waals surface area contributed by atoms with Gasteiger partial charge in [0.05, 0.1) is 25.2 Å². The van der Waals surface area contributed by atoms with Crippen molar-refractivity contribution in [2.24, 2.45) is 5.92 Å². The average molecular weight is 465 g/mol. The molecule has 2 aromatic rings. The first-order chi connectivity index (χ1) is 16.5. The fourth-order valence-corrected chi connectivity index (χ4v) is 5.10. The number of aliphatic hydroxyl groups is 1. The lowest BCUT2D eigenvalue weighted by molar-refractivity contribution is -0.142. The third-order valence-electron chi connectivity index (χ3n) is 7.04. The molecule has 7 heteroatoms. The molecule has 0 aromatic heterocycles. The number of rotatable bonds is 8. The highest BCUT2D eigenvalue weighted by Gasteiger charge is 2.46. The zero-order valence-electron chi connectivity index (χ0n) is 19.4. The van der Waals surface area contributed by atoms with E-state index in [1.54, 1.807) is 0 Å². The zero-order valence-corrected chi connectivity index (χ0v) is 19.4. The van der Waals surface area contributed by atoms with E-state index in [1.165, 1.54) is 0 Å². The van der Waals surface area contributed by atoms with Gasteiger partial charge in [0.25, 0.3) is 0 Å². The summed E-state index contributed by atoms with van der Waals surface area (Å²) in [6.45, 7) is 1.78. The Morgan fingerprint density at radius 3 is 2.62 bits per heavy atom. The van der Waals surface area contributed by atoms with Gasteiger partial charge in [-0.2, -0.15) is 0 Å². The molecule has 2 heterocycles. The second kappa shape index (κ2) is 9.76. The quantitative estimate of drug-likeness (QED) is 0.554. The Labute approximate surface area is 199 Å². The molecule has 3 N–H and O–H groups in total. The molecule has 180 valence electrons. The third kappa shape index (κ3) is 5.10. The highest BCUT2D eigenvalue weighted by molar-refractivity contribution is 5.91. The summed E-state index contributed by atoms with van der Waals surface area (Å²) in [6, 6.07) is 15.4. The molecular weight excluding hydrogens is 432 g/mol. The molecule has 1 saturated heterocycles. The van der Waals surface area contributed by atoms with E-state index in [0.29, 0.717) is 18.8 Å². The standard InChI is InChI=1S/C27H32N2O5/c1-16(18-5-3-2-4-6-18)28-26(32)14-20-13-22-21-12-19(29-25(31)11-17-7-8-17)9-10-23(21)34-27(22)24(15-30)33-20/h2-6,9-10,12,16-17,20,22,24,27,30H,7-8,11,13-15H2,1H3,(H,28,32)(H,29,31)/t16-,20-,22+,24+,27-/m1/s1. The molecule has 2 amide bonds. The lowest BCUT2D eigenvalue weighted by atomic mass is 9.84. The fraction of sp³-hybridized carbons (Fsp3) is 0.481. The molecule has 0 bridgehead atoms. The van der Waals surface area contributed by atoms with Crippen LogP contribution in [0.5, 0.6) is 5.75 Å². The lowest BCUT2D eigenvalue weighted by Crippen LogP contribution is -2.47. The summed E-state index contributed by atoms with van der Waals surface area (Å²) in [7, 11) is 0. The smallest absolute Gasteiger partial charge is 0.224 e. The van der Waals surface area contributed by atoms with Crippen molar-refractivity contribution in [3.05, 3.63) is 59.7 Å². The van der Waals surface area contributed by atoms with Gasteiger partial charge in [0, 0.05) is 23.6 Å². The molecule has 5 atom stereocenters. The summed E-state index contributed by atoms with van der Waals surface area (Å²) in [5.74, 6) is 1.22. The van der Waals surface area contributed by atoms with Gasteiger partial charge in [0.15, 0.2) is 0 Å². The van der Waals surface area contributed by atoms with Crippen molar-refractivity contribution in [3.63, 3.8) is 0 Å². The van der Waals surface area contributed by atoms with Gasteiger partial charge in [0.2, 0.25) is 11.8 Å². The van der Waals surface area contributed by atoms with E-state index in [-0.39, 0.29) is 49.0 Å². The molecule has 1 aliphatic carbocycles. The maximum absolute atomic E-state index is 12.8. The van der Waals surface area contributed by atoms with Gasteiger partial charge in [-0.15, -0.1) is 0 Å². The predicted octanol–water partition coefficient (Wildman–Crippen LogP) is 3.69. The molecule has 0 radical (unpaired) electrons. The van der Waals surface area contributed by atoms with E-state index >= 15 is 0 Å². The summed E-state index contributed by atoms with van der Waals surface area (Å²) in [5.41, 5.74) is 2.80. The number of ether oxygens (including phenoxy) is 2. The van der Waals surface area contributed by atoms with Crippen LogP contribution in [0.4, 0.5) is 5.69 Å². The van der Waals surface area contributed by atoms with Crippen LogP contribution >= 0.6 is 0 Å². The van der Waals surface area contributed by atoms with Crippen molar-refractivity contribution < 1.29 is 24.2 Å². The Kier molecular flexibility index (Phi) is 6.57. The number of amides is 2. The van der Waals surface area contributed by atoms with Crippen molar-refractivity contribution in [1.29, 1.82) is 0 Å². The van der Waals surface area contributed by atoms with E-state index in [4.69, 9.17) is 9.47 Å². The summed E-state index contributed by atoms with van der Waals surface area (Å²) >= 11 is 0. The molecule has 5 rings (SSSR count). The average Bonchev–Trinajstić information content (AvgIpc) is 3.57. The summed E-state index contributed by atoms with van der Waals surface area (Å²) in [5, 5.41) is 16.0. The Balaban J connectivity index is 1.25. The molecule has 7 nitrogen and oxygen atoms in total. The number of benzene rings is 2. The number of hydrogen-bond acceptors (Lipinski definition) is 5. The largest absolute Gasteiger partial charge is 0.487 e. The predicted molar refractivity (Wildman–Crippen MR) is 128 cm³/mol. The van der Waals surface area contributed by atoms with Crippen LogP contribution < -0.4 is 15.4 Å². The van der Waals surface area contributed by atoms with Crippen LogP contribution in [-0.4, -0.2) is 41.8 Å². The van der Waals surface area contributed by atoms with Crippen molar-refractivity contribution in [2.45, 2.75) is 69.3 Å². The highest BCUT2D eigenvalue weighted by Crippen LogP contribution is 2.47. The summed E-state index contributed by atoms with van der Waals surface area (Å²) < 4.78 is 12.2. The van der Waals surface area contributed by atoms with Gasteiger partial charge >= 0.3 is 0 Å². The molecule has 34 heavy (non-hydrogen) atoms. The molecule has 1 saturated carbocycles. The van der Waals surface area contributed by atoms with Gasteiger partial charge < -0.3 is 25.2 Å². The lowest BCUT2D eigenvalue weighted by Gasteiger charge is -2.37. The van der Waals surface area contributed by atoms with Crippen LogP contribution in [0.2, 0.25) is 0 Å². The van der Waals surface area contributed by atoms with E-state index in [1.807, 2.05) is 55.5 Å². The van der Waals surface area contributed by atoms with Crippen LogP contribution in [0.15, 0.2) is 48.5 Å². The third-order valence-corrected chi connectivity index (χ3v) is 7.04. The number of fused-ring (bicyclic) bond motifs is 3. The van der Waals surface area contributed by atoms with Crippen molar-refractivity contribution in [2.75, 3.05) is 11.9 Å². The second-order valence-corrected chi connectivity index (χ2v) is 9.76. The van der Waals surface area contributed by atoms with Crippen LogP contribution in [0.1, 0.15) is 62.1 Å². The van der Waals surface area contributed by atoms with Crippen LogP contribution in [0, 0.1) is 5.92 Å². The maximum Gasteiger partial charge on any atom is 0.224 e. The Bertz CT molecular complexity index is 1040. The highest BCUT2D eigenvalue weighted by atomic mass is 16.6. The van der Waals surface area contributed by atoms with Gasteiger partial charge in [-0.05, 0) is 55.9 Å². The second-order valence-electron chi connectivity index (χ2n) is 9.76. The van der Waals surface area contributed by atoms with Gasteiger partial charge in [-0.25, -0.2) is 0 Å². The SMILES string of the molecule is C[C@@H](NC(=O)C[C@H]1C[C@H]2c3cc(NC(=O)CC4CC4)ccc3O[C@H]2[C@H](CO)O1)c1ccccc1. The first-order valence-corrected chi connectivity index (χ1v) is 12.2. The molecule has 2 fully saturated rings. The number of aliphatic hydroxyl groups excluding tert-OH is 1. The normalized spacial score (nSPS) is 26.1. The van der Waals surface area contributed by atoms with E-state index in [0.717, 1.165) is 35.4 Å². The molecule has 2 aliphatic heterocycles. The number of carbonyl (C=O) groups excluding carboxylic acids is 2. The van der Waals surface area contributed by atoms with Crippen molar-refractivity contribution in [1.82, 2.24) is 5.32 Å². The fourth-order valence-electron chi connectivity index (χ4n) is 5.10. The number of carbonyl (C=O) groups is 2. The van der Waals surface area contributed by atoms with E-state index < -0.39 is 6.10 Å². The van der Waals surface area contributed by atoms with E-state index in [9.17, 15) is 14.7 Å². The Morgan fingerprint density at radius 1 is 1.09 bits per heavy atom. The number of nitrogens with one attached hydrogen (secondary N) is 2. The number of anilines is 1. The summed E-state index contributed by atoms with van der Waals surface area (Å²) in [4.78, 5) is 25.0. The Morgan fingerprint density at radius 2 is 1.88 bits per heavy atom. The first-order valence-electron chi connectivity index (χ1n) is 12.2. The van der Waals surface area contributed by atoms with Crippen molar-refractivity contribution in [3.8, 4) is 5.75 Å². The Hall–Kier alpha value is -2.90. The molecule has 0 unspecified atom stereocenters. The zero-order chi connectivity index (χ0) is 23.7. The minimum atomic E-state index is -0.511. The maximum atomic E-state index is 12.8. The first kappa shape index (κ1) is 22.9. The minimum Gasteiger partial charge on any atom is -0.487 e. The van der Waals surface area contributed by atoms with Gasteiger partial charge in [-0.3, -0.25) is 9.59 Å². The monoisotopic (exact) mass is 464 g/mol. The van der Waals surface area contributed by atoms with E-state index in [2.05, 4.69) is 10.6 Å². The molecular formula is C27H32N2O5. The van der Waals surface area contributed by atoms with Crippen LogP contribution in [-0.2, 0) is 14.3 Å².